The smallest absolute Gasteiger partial charge is 0.129 e. The molecule has 0 heterocycles. The van der Waals surface area contributed by atoms with Gasteiger partial charge in [-0.15, -0.1) is 0 Å². The van der Waals surface area contributed by atoms with Gasteiger partial charge in [-0.2, -0.15) is 5.26 Å². The Hall–Kier alpha value is -1.57. The summed E-state index contributed by atoms with van der Waals surface area (Å²) in [6.45, 7) is 0.339. The summed E-state index contributed by atoms with van der Waals surface area (Å²) in [5, 5.41) is 12.4. The van der Waals surface area contributed by atoms with Gasteiger partial charge in [0.05, 0.1) is 16.7 Å². The van der Waals surface area contributed by atoms with Crippen molar-refractivity contribution in [2.45, 2.75) is 6.54 Å². The molecule has 2 nitrogen and oxygen atoms in total. The number of halogens is 3. The van der Waals surface area contributed by atoms with E-state index in [1.165, 1.54) is 6.07 Å². The first-order valence-corrected chi connectivity index (χ1v) is 6.64. The van der Waals surface area contributed by atoms with E-state index in [-0.39, 0.29) is 5.82 Å². The van der Waals surface area contributed by atoms with Gasteiger partial charge in [-0.05, 0) is 46.3 Å². The highest BCUT2D eigenvalue weighted by Crippen LogP contribution is 2.26. The van der Waals surface area contributed by atoms with E-state index in [2.05, 4.69) is 21.2 Å². The van der Waals surface area contributed by atoms with Crippen LogP contribution in [0.3, 0.4) is 0 Å². The minimum absolute atomic E-state index is 0.315. The van der Waals surface area contributed by atoms with Crippen LogP contribution in [0, 0.1) is 17.1 Å². The number of hydrogen-bond donors (Lipinski definition) is 1. The molecule has 5 heteroatoms. The summed E-state index contributed by atoms with van der Waals surface area (Å²) in [6, 6.07) is 11.7. The average Bonchev–Trinajstić information content (AvgIpc) is 2.41. The molecule has 0 bridgehead atoms. The van der Waals surface area contributed by atoms with Gasteiger partial charge >= 0.3 is 0 Å². The minimum Gasteiger partial charge on any atom is -0.381 e. The van der Waals surface area contributed by atoms with Crippen molar-refractivity contribution in [3.05, 3.63) is 62.8 Å². The second kappa shape index (κ2) is 6.05. The molecule has 0 unspecified atom stereocenters. The van der Waals surface area contributed by atoms with Crippen LogP contribution in [-0.4, -0.2) is 0 Å². The largest absolute Gasteiger partial charge is 0.381 e. The maximum atomic E-state index is 13.7. The normalized spacial score (nSPS) is 10.0. The van der Waals surface area contributed by atoms with Crippen LogP contribution in [0.25, 0.3) is 0 Å². The molecule has 2 rings (SSSR count). The molecule has 0 aliphatic carbocycles. The van der Waals surface area contributed by atoms with Crippen LogP contribution in [0.15, 0.2) is 40.9 Å². The highest BCUT2D eigenvalue weighted by molar-refractivity contribution is 9.10. The lowest BCUT2D eigenvalue weighted by atomic mass is 10.1. The van der Waals surface area contributed by atoms with Crippen LogP contribution in [0.2, 0.25) is 5.02 Å². The molecule has 0 aliphatic heterocycles. The Kier molecular flexibility index (Phi) is 4.41. The van der Waals surface area contributed by atoms with E-state index in [0.29, 0.717) is 22.7 Å². The predicted octanol–water partition coefficient (Wildman–Crippen LogP) is 4.73. The Labute approximate surface area is 123 Å². The van der Waals surface area contributed by atoms with Crippen molar-refractivity contribution in [2.75, 3.05) is 5.32 Å². The SMILES string of the molecule is N#Cc1ccc(CNc2ccc(Cl)c(Br)c2)c(F)c1. The van der Waals surface area contributed by atoms with Crippen molar-refractivity contribution in [1.29, 1.82) is 5.26 Å². The summed E-state index contributed by atoms with van der Waals surface area (Å²) >= 11 is 9.21. The topological polar surface area (TPSA) is 35.8 Å². The van der Waals surface area contributed by atoms with E-state index < -0.39 is 0 Å². The van der Waals surface area contributed by atoms with E-state index in [1.54, 1.807) is 18.2 Å². The van der Waals surface area contributed by atoms with E-state index >= 15 is 0 Å². The van der Waals surface area contributed by atoms with Gasteiger partial charge in [0, 0.05) is 22.3 Å². The fourth-order valence-corrected chi connectivity index (χ4v) is 2.06. The standard InChI is InChI=1S/C14H9BrClFN2/c15-12-6-11(3-4-13(12)16)19-8-10-2-1-9(7-18)5-14(10)17/h1-6,19H,8H2. The average molecular weight is 340 g/mol. The molecule has 2 aromatic carbocycles. The molecule has 0 amide bonds. The highest BCUT2D eigenvalue weighted by atomic mass is 79.9. The summed E-state index contributed by atoms with van der Waals surface area (Å²) in [4.78, 5) is 0. The number of hydrogen-bond acceptors (Lipinski definition) is 2. The van der Waals surface area contributed by atoms with E-state index in [1.807, 2.05) is 18.2 Å². The molecule has 0 fully saturated rings. The molecule has 0 spiro atoms. The lowest BCUT2D eigenvalue weighted by Crippen LogP contribution is -2.02. The zero-order valence-electron chi connectivity index (χ0n) is 9.75. The third-order valence-electron chi connectivity index (χ3n) is 2.58. The zero-order chi connectivity index (χ0) is 13.8. The molecule has 1 N–H and O–H groups in total. The third-order valence-corrected chi connectivity index (χ3v) is 3.80. The summed E-state index contributed by atoms with van der Waals surface area (Å²) in [7, 11) is 0. The summed E-state index contributed by atoms with van der Waals surface area (Å²) in [6.07, 6.45) is 0. The Balaban J connectivity index is 2.10. The number of rotatable bonds is 3. The summed E-state index contributed by atoms with van der Waals surface area (Å²) in [5.41, 5.74) is 1.65. The third kappa shape index (κ3) is 3.46. The Morgan fingerprint density at radius 3 is 2.68 bits per heavy atom. The molecule has 0 saturated carbocycles. The molecule has 19 heavy (non-hydrogen) atoms. The van der Waals surface area contributed by atoms with E-state index in [0.717, 1.165) is 10.2 Å². The second-order valence-electron chi connectivity index (χ2n) is 3.90. The number of anilines is 1. The molecular formula is C14H9BrClFN2. The predicted molar refractivity (Wildman–Crippen MR) is 77.6 cm³/mol. The van der Waals surface area contributed by atoms with Crippen molar-refractivity contribution in [3.63, 3.8) is 0 Å². The maximum Gasteiger partial charge on any atom is 0.129 e. The van der Waals surface area contributed by atoms with Gasteiger partial charge in [-0.1, -0.05) is 17.7 Å². The van der Waals surface area contributed by atoms with Crippen LogP contribution in [0.5, 0.6) is 0 Å². The Bertz CT molecular complexity index is 652. The lowest BCUT2D eigenvalue weighted by Gasteiger charge is -2.08. The lowest BCUT2D eigenvalue weighted by molar-refractivity contribution is 0.612. The number of nitrogens with one attached hydrogen (secondary N) is 1. The minimum atomic E-state index is -0.389. The molecule has 96 valence electrons. The van der Waals surface area contributed by atoms with E-state index in [4.69, 9.17) is 16.9 Å². The van der Waals surface area contributed by atoms with E-state index in [9.17, 15) is 4.39 Å². The van der Waals surface area contributed by atoms with Crippen molar-refractivity contribution in [2.24, 2.45) is 0 Å². The van der Waals surface area contributed by atoms with Crippen molar-refractivity contribution < 1.29 is 4.39 Å². The molecular weight excluding hydrogens is 331 g/mol. The second-order valence-corrected chi connectivity index (χ2v) is 5.16. The van der Waals surface area contributed by atoms with Crippen molar-refractivity contribution in [3.8, 4) is 6.07 Å². The van der Waals surface area contributed by atoms with Gasteiger partial charge in [0.1, 0.15) is 5.82 Å². The van der Waals surface area contributed by atoms with Gasteiger partial charge in [-0.25, -0.2) is 4.39 Å². The van der Waals surface area contributed by atoms with Gasteiger partial charge in [0.15, 0.2) is 0 Å². The van der Waals surface area contributed by atoms with Crippen LogP contribution in [0.4, 0.5) is 10.1 Å². The van der Waals surface area contributed by atoms with Crippen LogP contribution >= 0.6 is 27.5 Å². The first-order valence-electron chi connectivity index (χ1n) is 5.47. The maximum absolute atomic E-state index is 13.7. The number of nitriles is 1. The van der Waals surface area contributed by atoms with Gasteiger partial charge in [-0.3, -0.25) is 0 Å². The molecule has 0 saturated heterocycles. The number of benzene rings is 2. The van der Waals surface area contributed by atoms with Crippen LogP contribution in [-0.2, 0) is 6.54 Å². The number of nitrogens with zero attached hydrogens (tertiary/aromatic N) is 1. The monoisotopic (exact) mass is 338 g/mol. The Morgan fingerprint density at radius 2 is 2.05 bits per heavy atom. The fraction of sp³-hybridized carbons (Fsp3) is 0.0714. The fourth-order valence-electron chi connectivity index (χ4n) is 1.56. The molecule has 2 aromatic rings. The van der Waals surface area contributed by atoms with Gasteiger partial charge in [0.2, 0.25) is 0 Å². The molecule has 0 atom stereocenters. The van der Waals surface area contributed by atoms with Gasteiger partial charge < -0.3 is 5.32 Å². The first-order chi connectivity index (χ1) is 9.10. The Morgan fingerprint density at radius 1 is 1.26 bits per heavy atom. The summed E-state index contributed by atoms with van der Waals surface area (Å²) < 4.78 is 14.4. The molecule has 0 aliphatic rings. The zero-order valence-corrected chi connectivity index (χ0v) is 12.1. The van der Waals surface area contributed by atoms with Crippen molar-refractivity contribution >= 4 is 33.2 Å². The van der Waals surface area contributed by atoms with Crippen LogP contribution < -0.4 is 5.32 Å². The summed E-state index contributed by atoms with van der Waals surface area (Å²) in [5.74, 6) is -0.389. The quantitative estimate of drug-likeness (QED) is 0.878. The van der Waals surface area contributed by atoms with Crippen molar-refractivity contribution in [1.82, 2.24) is 0 Å². The molecule has 0 aromatic heterocycles. The van der Waals surface area contributed by atoms with Gasteiger partial charge in [0.25, 0.3) is 0 Å². The molecule has 0 radical (unpaired) electrons. The first kappa shape index (κ1) is 13.9. The van der Waals surface area contributed by atoms with Crippen LogP contribution in [0.1, 0.15) is 11.1 Å². The highest BCUT2D eigenvalue weighted by Gasteiger charge is 2.04.